The van der Waals surface area contributed by atoms with Crippen molar-refractivity contribution in [3.05, 3.63) is 29.8 Å². The van der Waals surface area contributed by atoms with E-state index in [9.17, 15) is 17.2 Å². The van der Waals surface area contributed by atoms with Crippen LogP contribution in [0.15, 0.2) is 18.2 Å². The first-order valence-electron chi connectivity index (χ1n) is 5.43. The van der Waals surface area contributed by atoms with E-state index >= 15 is 0 Å². The van der Waals surface area contributed by atoms with Gasteiger partial charge in [-0.15, -0.1) is 0 Å². The maximum atomic E-state index is 13.4. The SMILES string of the molecule is O=S(=O)(Nc1ccc(F)cc1F)N1CCNCC1. The summed E-state index contributed by atoms with van der Waals surface area (Å²) in [6.45, 7) is 1.73. The van der Waals surface area contributed by atoms with Gasteiger partial charge in [0.15, 0.2) is 0 Å². The van der Waals surface area contributed by atoms with Crippen molar-refractivity contribution in [1.82, 2.24) is 9.62 Å². The minimum atomic E-state index is -3.79. The molecule has 0 aromatic heterocycles. The molecule has 1 heterocycles. The van der Waals surface area contributed by atoms with Gasteiger partial charge in [0.05, 0.1) is 5.69 Å². The Balaban J connectivity index is 2.16. The van der Waals surface area contributed by atoms with Crippen molar-refractivity contribution < 1.29 is 17.2 Å². The van der Waals surface area contributed by atoms with E-state index in [1.54, 1.807) is 0 Å². The smallest absolute Gasteiger partial charge is 0.301 e. The summed E-state index contributed by atoms with van der Waals surface area (Å²) in [5.74, 6) is -1.69. The van der Waals surface area contributed by atoms with E-state index in [2.05, 4.69) is 10.0 Å². The fraction of sp³-hybridized carbons (Fsp3) is 0.400. The van der Waals surface area contributed by atoms with Gasteiger partial charge in [0, 0.05) is 32.2 Å². The molecule has 0 saturated carbocycles. The molecule has 100 valence electrons. The van der Waals surface area contributed by atoms with Crippen LogP contribution in [0.1, 0.15) is 0 Å². The van der Waals surface area contributed by atoms with Crippen molar-refractivity contribution in [2.75, 3.05) is 30.9 Å². The normalized spacial score (nSPS) is 17.7. The lowest BCUT2D eigenvalue weighted by Crippen LogP contribution is -2.48. The van der Waals surface area contributed by atoms with Gasteiger partial charge in [0.2, 0.25) is 0 Å². The summed E-state index contributed by atoms with van der Waals surface area (Å²) in [6.07, 6.45) is 0. The van der Waals surface area contributed by atoms with Gasteiger partial charge in [-0.05, 0) is 12.1 Å². The first kappa shape index (κ1) is 13.2. The van der Waals surface area contributed by atoms with E-state index in [0.717, 1.165) is 12.1 Å². The molecule has 1 aliphatic rings. The summed E-state index contributed by atoms with van der Waals surface area (Å²) in [5.41, 5.74) is -0.255. The van der Waals surface area contributed by atoms with Crippen molar-refractivity contribution in [2.24, 2.45) is 0 Å². The second-order valence-corrected chi connectivity index (χ2v) is 5.55. The van der Waals surface area contributed by atoms with Crippen molar-refractivity contribution in [3.63, 3.8) is 0 Å². The number of benzene rings is 1. The molecule has 1 saturated heterocycles. The third kappa shape index (κ3) is 2.95. The minimum absolute atomic E-state index is 0.255. The molecule has 0 atom stereocenters. The van der Waals surface area contributed by atoms with Gasteiger partial charge < -0.3 is 5.32 Å². The van der Waals surface area contributed by atoms with E-state index in [0.29, 0.717) is 32.2 Å². The second kappa shape index (κ2) is 5.17. The first-order valence-corrected chi connectivity index (χ1v) is 6.87. The summed E-state index contributed by atoms with van der Waals surface area (Å²) >= 11 is 0. The largest absolute Gasteiger partial charge is 0.314 e. The molecule has 5 nitrogen and oxygen atoms in total. The van der Waals surface area contributed by atoms with Gasteiger partial charge in [-0.1, -0.05) is 0 Å². The Kier molecular flexibility index (Phi) is 3.79. The molecule has 1 aromatic carbocycles. The van der Waals surface area contributed by atoms with Gasteiger partial charge in [0.25, 0.3) is 0 Å². The average Bonchev–Trinajstić information content (AvgIpc) is 2.34. The fourth-order valence-electron chi connectivity index (χ4n) is 1.66. The number of nitrogens with zero attached hydrogens (tertiary/aromatic N) is 1. The number of halogens is 2. The van der Waals surface area contributed by atoms with Crippen LogP contribution in [-0.2, 0) is 10.2 Å². The number of rotatable bonds is 3. The van der Waals surface area contributed by atoms with Gasteiger partial charge in [-0.3, -0.25) is 4.72 Å². The number of hydrogen-bond acceptors (Lipinski definition) is 3. The molecule has 1 fully saturated rings. The van der Waals surface area contributed by atoms with Crippen LogP contribution in [-0.4, -0.2) is 38.9 Å². The standard InChI is InChI=1S/C10H13F2N3O2S/c11-8-1-2-10(9(12)7-8)14-18(16,17)15-5-3-13-4-6-15/h1-2,7,13-14H,3-6H2. The van der Waals surface area contributed by atoms with E-state index < -0.39 is 21.8 Å². The summed E-state index contributed by atoms with van der Waals surface area (Å²) in [4.78, 5) is 0. The maximum Gasteiger partial charge on any atom is 0.301 e. The Morgan fingerprint density at radius 1 is 1.22 bits per heavy atom. The Labute approximate surface area is 104 Å². The molecule has 8 heteroatoms. The molecule has 2 N–H and O–H groups in total. The number of hydrogen-bond donors (Lipinski definition) is 2. The molecule has 0 amide bonds. The van der Waals surface area contributed by atoms with Crippen LogP contribution in [0.2, 0.25) is 0 Å². The predicted octanol–water partition coefficient (Wildman–Crippen LogP) is 0.527. The Morgan fingerprint density at radius 2 is 1.89 bits per heavy atom. The molecule has 0 spiro atoms. The molecular formula is C10H13F2N3O2S. The summed E-state index contributed by atoms with van der Waals surface area (Å²) in [6, 6.07) is 2.69. The highest BCUT2D eigenvalue weighted by Crippen LogP contribution is 2.17. The van der Waals surface area contributed by atoms with Crippen LogP contribution < -0.4 is 10.0 Å². The van der Waals surface area contributed by atoms with Crippen molar-refractivity contribution in [2.45, 2.75) is 0 Å². The fourth-order valence-corrected chi connectivity index (χ4v) is 2.90. The van der Waals surface area contributed by atoms with Crippen LogP contribution in [0.5, 0.6) is 0 Å². The Morgan fingerprint density at radius 3 is 2.50 bits per heavy atom. The molecule has 0 unspecified atom stereocenters. The summed E-state index contributed by atoms with van der Waals surface area (Å²) < 4.78 is 53.2. The molecular weight excluding hydrogens is 264 g/mol. The molecule has 0 bridgehead atoms. The minimum Gasteiger partial charge on any atom is -0.314 e. The average molecular weight is 277 g/mol. The molecule has 1 aromatic rings. The van der Waals surface area contributed by atoms with Crippen LogP contribution in [0.3, 0.4) is 0 Å². The van der Waals surface area contributed by atoms with E-state index in [4.69, 9.17) is 0 Å². The van der Waals surface area contributed by atoms with Gasteiger partial charge in [0.1, 0.15) is 11.6 Å². The first-order chi connectivity index (χ1) is 8.49. The van der Waals surface area contributed by atoms with Crippen LogP contribution in [0, 0.1) is 11.6 Å². The third-order valence-corrected chi connectivity index (χ3v) is 4.11. The zero-order valence-electron chi connectivity index (χ0n) is 9.49. The lowest BCUT2D eigenvalue weighted by Gasteiger charge is -2.26. The van der Waals surface area contributed by atoms with E-state index in [1.165, 1.54) is 4.31 Å². The number of anilines is 1. The van der Waals surface area contributed by atoms with Crippen LogP contribution in [0.4, 0.5) is 14.5 Å². The lowest BCUT2D eigenvalue weighted by atomic mass is 10.3. The van der Waals surface area contributed by atoms with E-state index in [1.807, 2.05) is 0 Å². The topological polar surface area (TPSA) is 61.4 Å². The Bertz CT molecular complexity index is 530. The Hall–Kier alpha value is -1.25. The predicted molar refractivity (Wildman–Crippen MR) is 63.3 cm³/mol. The zero-order valence-corrected chi connectivity index (χ0v) is 10.3. The van der Waals surface area contributed by atoms with E-state index in [-0.39, 0.29) is 5.69 Å². The third-order valence-electron chi connectivity index (χ3n) is 2.59. The maximum absolute atomic E-state index is 13.4. The van der Waals surface area contributed by atoms with Gasteiger partial charge in [-0.25, -0.2) is 8.78 Å². The van der Waals surface area contributed by atoms with Crippen molar-refractivity contribution in [1.29, 1.82) is 0 Å². The van der Waals surface area contributed by atoms with Gasteiger partial charge in [-0.2, -0.15) is 12.7 Å². The lowest BCUT2D eigenvalue weighted by molar-refractivity contribution is 0.362. The number of piperazine rings is 1. The molecule has 0 aliphatic carbocycles. The number of nitrogens with one attached hydrogen (secondary N) is 2. The van der Waals surface area contributed by atoms with Gasteiger partial charge >= 0.3 is 10.2 Å². The molecule has 1 aliphatic heterocycles. The summed E-state index contributed by atoms with van der Waals surface area (Å²) in [5, 5.41) is 3.01. The van der Waals surface area contributed by atoms with Crippen LogP contribution >= 0.6 is 0 Å². The second-order valence-electron chi connectivity index (χ2n) is 3.88. The quantitative estimate of drug-likeness (QED) is 0.847. The monoisotopic (exact) mass is 277 g/mol. The highest BCUT2D eigenvalue weighted by Gasteiger charge is 2.24. The van der Waals surface area contributed by atoms with Crippen molar-refractivity contribution in [3.8, 4) is 0 Å². The zero-order chi connectivity index (χ0) is 13.2. The molecule has 0 radical (unpaired) electrons. The van der Waals surface area contributed by atoms with Crippen LogP contribution in [0.25, 0.3) is 0 Å². The summed E-state index contributed by atoms with van der Waals surface area (Å²) in [7, 11) is -3.79. The van der Waals surface area contributed by atoms with Crippen molar-refractivity contribution >= 4 is 15.9 Å². The highest BCUT2D eigenvalue weighted by atomic mass is 32.2. The molecule has 2 rings (SSSR count). The highest BCUT2D eigenvalue weighted by molar-refractivity contribution is 7.90. The molecule has 18 heavy (non-hydrogen) atoms.